The van der Waals surface area contributed by atoms with Crippen molar-refractivity contribution in [1.82, 2.24) is 9.78 Å². The van der Waals surface area contributed by atoms with Crippen LogP contribution in [0.2, 0.25) is 0 Å². The van der Waals surface area contributed by atoms with Crippen molar-refractivity contribution in [3.05, 3.63) is 72.8 Å². The van der Waals surface area contributed by atoms with Crippen LogP contribution in [0.4, 0.5) is 15.8 Å². The third kappa shape index (κ3) is 3.94. The summed E-state index contributed by atoms with van der Waals surface area (Å²) >= 11 is 0. The number of amides is 1. The van der Waals surface area contributed by atoms with E-state index in [2.05, 4.69) is 15.7 Å². The number of hydrogen-bond donors (Lipinski definition) is 2. The predicted octanol–water partition coefficient (Wildman–Crippen LogP) is 3.06. The van der Waals surface area contributed by atoms with Gasteiger partial charge in [-0.1, -0.05) is 0 Å². The van der Waals surface area contributed by atoms with E-state index in [1.165, 1.54) is 24.3 Å². The zero-order valence-corrected chi connectivity index (χ0v) is 12.2. The molecule has 0 saturated carbocycles. The Balaban J connectivity index is 1.53. The van der Waals surface area contributed by atoms with Gasteiger partial charge in [-0.05, 0) is 54.6 Å². The summed E-state index contributed by atoms with van der Waals surface area (Å²) in [5, 5.41) is 9.87. The van der Waals surface area contributed by atoms with Crippen LogP contribution in [0.25, 0.3) is 5.69 Å². The molecule has 3 aromatic rings. The van der Waals surface area contributed by atoms with Gasteiger partial charge in [-0.3, -0.25) is 4.79 Å². The second-order valence-corrected chi connectivity index (χ2v) is 4.91. The summed E-state index contributed by atoms with van der Waals surface area (Å²) in [5.74, 6) is -0.536. The lowest BCUT2D eigenvalue weighted by Crippen LogP contribution is -2.21. The first kappa shape index (κ1) is 14.8. The predicted molar refractivity (Wildman–Crippen MR) is 87.1 cm³/mol. The second-order valence-electron chi connectivity index (χ2n) is 4.91. The standard InChI is InChI=1S/C17H15FN4O/c18-13-2-4-15(5-3-13)21-17(23)12-19-14-6-8-16(9-7-14)22-11-1-10-20-22/h1-11,19H,12H2,(H,21,23). The molecule has 2 N–H and O–H groups in total. The van der Waals surface area contributed by atoms with Crippen molar-refractivity contribution in [1.29, 1.82) is 0 Å². The van der Waals surface area contributed by atoms with Crippen molar-refractivity contribution in [3.8, 4) is 5.69 Å². The van der Waals surface area contributed by atoms with E-state index in [9.17, 15) is 9.18 Å². The van der Waals surface area contributed by atoms with Crippen LogP contribution in [0.15, 0.2) is 67.0 Å². The van der Waals surface area contributed by atoms with Crippen molar-refractivity contribution >= 4 is 17.3 Å². The van der Waals surface area contributed by atoms with Crippen LogP contribution in [0.5, 0.6) is 0 Å². The smallest absolute Gasteiger partial charge is 0.243 e. The summed E-state index contributed by atoms with van der Waals surface area (Å²) in [5.41, 5.74) is 2.33. The zero-order chi connectivity index (χ0) is 16.1. The van der Waals surface area contributed by atoms with Crippen LogP contribution < -0.4 is 10.6 Å². The molecule has 0 spiro atoms. The number of carbonyl (C=O) groups excluding carboxylic acids is 1. The van der Waals surface area contributed by atoms with E-state index in [-0.39, 0.29) is 18.3 Å². The van der Waals surface area contributed by atoms with Crippen molar-refractivity contribution in [2.45, 2.75) is 0 Å². The summed E-state index contributed by atoms with van der Waals surface area (Å²) in [7, 11) is 0. The third-order valence-corrected chi connectivity index (χ3v) is 3.22. The molecule has 2 aromatic carbocycles. The minimum absolute atomic E-state index is 0.124. The highest BCUT2D eigenvalue weighted by Crippen LogP contribution is 2.12. The van der Waals surface area contributed by atoms with Gasteiger partial charge in [0.25, 0.3) is 0 Å². The van der Waals surface area contributed by atoms with Gasteiger partial charge in [0.1, 0.15) is 5.82 Å². The molecule has 1 heterocycles. The first-order valence-electron chi connectivity index (χ1n) is 7.10. The van der Waals surface area contributed by atoms with Gasteiger partial charge >= 0.3 is 0 Å². The van der Waals surface area contributed by atoms with E-state index >= 15 is 0 Å². The third-order valence-electron chi connectivity index (χ3n) is 3.22. The molecule has 0 aliphatic rings. The number of aromatic nitrogens is 2. The molecule has 0 radical (unpaired) electrons. The number of anilines is 2. The average molecular weight is 310 g/mol. The Bertz CT molecular complexity index is 767. The highest BCUT2D eigenvalue weighted by atomic mass is 19.1. The summed E-state index contributed by atoms with van der Waals surface area (Å²) in [6.45, 7) is 0.124. The van der Waals surface area contributed by atoms with Gasteiger partial charge in [-0.15, -0.1) is 0 Å². The van der Waals surface area contributed by atoms with Crippen molar-refractivity contribution in [3.63, 3.8) is 0 Å². The lowest BCUT2D eigenvalue weighted by molar-refractivity contribution is -0.114. The van der Waals surface area contributed by atoms with E-state index in [1.54, 1.807) is 10.9 Å². The Morgan fingerprint density at radius 2 is 1.74 bits per heavy atom. The number of nitrogens with one attached hydrogen (secondary N) is 2. The largest absolute Gasteiger partial charge is 0.376 e. The Labute approximate surface area is 132 Å². The molecule has 5 nitrogen and oxygen atoms in total. The van der Waals surface area contributed by atoms with Crippen molar-refractivity contribution in [2.75, 3.05) is 17.2 Å². The fourth-order valence-electron chi connectivity index (χ4n) is 2.07. The minimum Gasteiger partial charge on any atom is -0.376 e. The highest BCUT2D eigenvalue weighted by molar-refractivity contribution is 5.93. The molecule has 116 valence electrons. The molecule has 23 heavy (non-hydrogen) atoms. The Morgan fingerprint density at radius 3 is 2.39 bits per heavy atom. The number of halogens is 1. The molecule has 0 aliphatic heterocycles. The quantitative estimate of drug-likeness (QED) is 0.761. The Kier molecular flexibility index (Phi) is 4.33. The molecule has 0 saturated heterocycles. The average Bonchev–Trinajstić information content (AvgIpc) is 3.10. The van der Waals surface area contributed by atoms with Crippen LogP contribution in [0.3, 0.4) is 0 Å². The maximum Gasteiger partial charge on any atom is 0.243 e. The first-order chi connectivity index (χ1) is 11.2. The molecule has 0 atom stereocenters. The van der Waals surface area contributed by atoms with E-state index in [1.807, 2.05) is 36.5 Å². The minimum atomic E-state index is -0.335. The fraction of sp³-hybridized carbons (Fsp3) is 0.0588. The van der Waals surface area contributed by atoms with Gasteiger partial charge in [0, 0.05) is 23.8 Å². The van der Waals surface area contributed by atoms with Gasteiger partial charge in [-0.2, -0.15) is 5.10 Å². The van der Waals surface area contributed by atoms with Crippen LogP contribution in [0, 0.1) is 5.82 Å². The van der Waals surface area contributed by atoms with E-state index in [0.717, 1.165) is 11.4 Å². The fourth-order valence-corrected chi connectivity index (χ4v) is 2.07. The number of hydrogen-bond acceptors (Lipinski definition) is 3. The number of nitrogens with zero attached hydrogens (tertiary/aromatic N) is 2. The summed E-state index contributed by atoms with van der Waals surface area (Å²) < 4.78 is 14.6. The van der Waals surface area contributed by atoms with Gasteiger partial charge < -0.3 is 10.6 Å². The maximum absolute atomic E-state index is 12.8. The van der Waals surface area contributed by atoms with E-state index < -0.39 is 0 Å². The molecule has 0 bridgehead atoms. The van der Waals surface area contributed by atoms with Gasteiger partial charge in [0.05, 0.1) is 12.2 Å². The summed E-state index contributed by atoms with van der Waals surface area (Å²) in [6.07, 6.45) is 3.57. The number of rotatable bonds is 5. The van der Waals surface area contributed by atoms with Crippen LogP contribution in [-0.2, 0) is 4.79 Å². The zero-order valence-electron chi connectivity index (χ0n) is 12.2. The molecule has 1 aromatic heterocycles. The Hall–Kier alpha value is -3.15. The van der Waals surface area contributed by atoms with Gasteiger partial charge in [0.15, 0.2) is 0 Å². The molecule has 0 aliphatic carbocycles. The molecule has 6 heteroatoms. The van der Waals surface area contributed by atoms with Crippen LogP contribution in [-0.4, -0.2) is 22.2 Å². The monoisotopic (exact) mass is 310 g/mol. The SMILES string of the molecule is O=C(CNc1ccc(-n2cccn2)cc1)Nc1ccc(F)cc1. The second kappa shape index (κ2) is 6.74. The van der Waals surface area contributed by atoms with E-state index in [4.69, 9.17) is 0 Å². The number of benzene rings is 2. The maximum atomic E-state index is 12.8. The van der Waals surface area contributed by atoms with E-state index in [0.29, 0.717) is 5.69 Å². The summed E-state index contributed by atoms with van der Waals surface area (Å²) in [6, 6.07) is 15.1. The lowest BCUT2D eigenvalue weighted by Gasteiger charge is -2.08. The molecule has 3 rings (SSSR count). The molecule has 0 unspecified atom stereocenters. The first-order valence-corrected chi connectivity index (χ1v) is 7.10. The van der Waals surface area contributed by atoms with Crippen LogP contribution >= 0.6 is 0 Å². The topological polar surface area (TPSA) is 59.0 Å². The lowest BCUT2D eigenvalue weighted by atomic mass is 10.2. The highest BCUT2D eigenvalue weighted by Gasteiger charge is 2.03. The molecule has 1 amide bonds. The Morgan fingerprint density at radius 1 is 1.04 bits per heavy atom. The van der Waals surface area contributed by atoms with Crippen molar-refractivity contribution in [2.24, 2.45) is 0 Å². The van der Waals surface area contributed by atoms with Crippen molar-refractivity contribution < 1.29 is 9.18 Å². The van der Waals surface area contributed by atoms with Crippen LogP contribution in [0.1, 0.15) is 0 Å². The summed E-state index contributed by atoms with van der Waals surface area (Å²) in [4.78, 5) is 11.8. The molecular formula is C17H15FN4O. The van der Waals surface area contributed by atoms with Gasteiger partial charge in [-0.25, -0.2) is 9.07 Å². The molecule has 0 fully saturated rings. The van der Waals surface area contributed by atoms with Gasteiger partial charge in [0.2, 0.25) is 5.91 Å². The number of carbonyl (C=O) groups is 1. The molecular weight excluding hydrogens is 295 g/mol. The normalized spacial score (nSPS) is 10.3.